The summed E-state index contributed by atoms with van der Waals surface area (Å²) in [5.41, 5.74) is 2.57. The summed E-state index contributed by atoms with van der Waals surface area (Å²) < 4.78 is 12.9. The maximum absolute atomic E-state index is 12.9. The van der Waals surface area contributed by atoms with Gasteiger partial charge in [-0.25, -0.2) is 4.39 Å². The molecule has 1 aliphatic rings. The standard InChI is InChI=1S/C11H13F.C2H6/c1-8-3-2-4-9-5-6-10(12)7-11(8)9;1-2/h5-8H,2-4H2,1H3;1-2H3. The van der Waals surface area contributed by atoms with Gasteiger partial charge in [0.1, 0.15) is 5.82 Å². The van der Waals surface area contributed by atoms with E-state index < -0.39 is 0 Å². The van der Waals surface area contributed by atoms with Crippen molar-refractivity contribution in [2.24, 2.45) is 0 Å². The van der Waals surface area contributed by atoms with E-state index in [9.17, 15) is 4.39 Å². The van der Waals surface area contributed by atoms with Crippen molar-refractivity contribution < 1.29 is 4.39 Å². The minimum absolute atomic E-state index is 0.0949. The van der Waals surface area contributed by atoms with E-state index >= 15 is 0 Å². The van der Waals surface area contributed by atoms with Crippen molar-refractivity contribution in [3.8, 4) is 0 Å². The molecule has 1 aliphatic carbocycles. The summed E-state index contributed by atoms with van der Waals surface area (Å²) in [7, 11) is 0. The Balaban J connectivity index is 0.000000461. The van der Waals surface area contributed by atoms with E-state index in [0.717, 1.165) is 6.42 Å². The van der Waals surface area contributed by atoms with Gasteiger partial charge in [-0.15, -0.1) is 0 Å². The van der Waals surface area contributed by atoms with E-state index in [1.54, 1.807) is 12.1 Å². The summed E-state index contributed by atoms with van der Waals surface area (Å²) in [5, 5.41) is 0. The highest BCUT2D eigenvalue weighted by atomic mass is 19.1. The molecule has 0 fully saturated rings. The van der Waals surface area contributed by atoms with Crippen LogP contribution in [0, 0.1) is 5.82 Å². The molecule has 0 aliphatic heterocycles. The lowest BCUT2D eigenvalue weighted by Crippen LogP contribution is -2.06. The molecule has 0 radical (unpaired) electrons. The highest BCUT2D eigenvalue weighted by Gasteiger charge is 2.16. The topological polar surface area (TPSA) is 0 Å². The second-order valence-corrected chi connectivity index (χ2v) is 3.64. The van der Waals surface area contributed by atoms with Gasteiger partial charge in [0, 0.05) is 0 Å². The third-order valence-electron chi connectivity index (χ3n) is 2.72. The number of benzene rings is 1. The number of hydrogen-bond acceptors (Lipinski definition) is 0. The van der Waals surface area contributed by atoms with E-state index in [4.69, 9.17) is 0 Å². The molecule has 1 atom stereocenters. The zero-order chi connectivity index (χ0) is 10.6. The average Bonchev–Trinajstić information content (AvgIpc) is 2.22. The van der Waals surface area contributed by atoms with Gasteiger partial charge in [-0.1, -0.05) is 26.8 Å². The van der Waals surface area contributed by atoms with Crippen molar-refractivity contribution in [3.05, 3.63) is 35.1 Å². The maximum atomic E-state index is 12.9. The third-order valence-corrected chi connectivity index (χ3v) is 2.72. The molecular weight excluding hydrogens is 175 g/mol. The molecule has 0 amide bonds. The summed E-state index contributed by atoms with van der Waals surface area (Å²) in [5.74, 6) is 0.451. The minimum atomic E-state index is -0.0949. The monoisotopic (exact) mass is 194 g/mol. The molecule has 1 unspecified atom stereocenters. The van der Waals surface area contributed by atoms with Gasteiger partial charge in [0.05, 0.1) is 0 Å². The van der Waals surface area contributed by atoms with Crippen LogP contribution in [0.5, 0.6) is 0 Å². The Hall–Kier alpha value is -0.850. The van der Waals surface area contributed by atoms with Crippen molar-refractivity contribution in [2.75, 3.05) is 0 Å². The smallest absolute Gasteiger partial charge is 0.123 e. The maximum Gasteiger partial charge on any atom is 0.123 e. The van der Waals surface area contributed by atoms with Gasteiger partial charge in [0.2, 0.25) is 0 Å². The molecule has 0 spiro atoms. The van der Waals surface area contributed by atoms with Gasteiger partial charge >= 0.3 is 0 Å². The first kappa shape index (κ1) is 11.2. The molecular formula is C13H19F. The quantitative estimate of drug-likeness (QED) is 0.578. The molecule has 0 aromatic heterocycles. The van der Waals surface area contributed by atoms with Crippen LogP contribution in [0.2, 0.25) is 0 Å². The lowest BCUT2D eigenvalue weighted by molar-refractivity contribution is 0.572. The van der Waals surface area contributed by atoms with Crippen molar-refractivity contribution in [1.29, 1.82) is 0 Å². The second-order valence-electron chi connectivity index (χ2n) is 3.64. The van der Waals surface area contributed by atoms with Crippen LogP contribution in [0.1, 0.15) is 50.7 Å². The van der Waals surface area contributed by atoms with Crippen LogP contribution < -0.4 is 0 Å². The van der Waals surface area contributed by atoms with Crippen molar-refractivity contribution in [2.45, 2.75) is 46.0 Å². The van der Waals surface area contributed by atoms with E-state index in [1.807, 2.05) is 19.9 Å². The molecule has 0 nitrogen and oxygen atoms in total. The van der Waals surface area contributed by atoms with Crippen LogP contribution in [0.3, 0.4) is 0 Å². The highest BCUT2D eigenvalue weighted by Crippen LogP contribution is 2.31. The molecule has 0 saturated heterocycles. The number of rotatable bonds is 0. The minimum Gasteiger partial charge on any atom is -0.207 e. The predicted octanol–water partition coefficient (Wildman–Crippen LogP) is 4.29. The van der Waals surface area contributed by atoms with E-state index in [1.165, 1.54) is 24.0 Å². The Labute approximate surface area is 86.2 Å². The molecule has 78 valence electrons. The number of halogens is 1. The molecule has 0 heterocycles. The first-order valence-electron chi connectivity index (χ1n) is 5.55. The highest BCUT2D eigenvalue weighted by molar-refractivity contribution is 5.32. The van der Waals surface area contributed by atoms with E-state index in [-0.39, 0.29) is 5.82 Å². The van der Waals surface area contributed by atoms with Crippen LogP contribution in [-0.2, 0) is 6.42 Å². The molecule has 0 bridgehead atoms. The van der Waals surface area contributed by atoms with Gasteiger partial charge in [0.15, 0.2) is 0 Å². The Morgan fingerprint density at radius 3 is 2.71 bits per heavy atom. The van der Waals surface area contributed by atoms with Gasteiger partial charge < -0.3 is 0 Å². The van der Waals surface area contributed by atoms with Crippen LogP contribution in [0.25, 0.3) is 0 Å². The Bertz CT molecular complexity index is 291. The van der Waals surface area contributed by atoms with Gasteiger partial charge in [-0.05, 0) is 48.4 Å². The molecule has 1 aromatic carbocycles. The van der Waals surface area contributed by atoms with Gasteiger partial charge in [0.25, 0.3) is 0 Å². The summed E-state index contributed by atoms with van der Waals surface area (Å²) in [6, 6.07) is 5.19. The lowest BCUT2D eigenvalue weighted by atomic mass is 9.84. The van der Waals surface area contributed by atoms with Gasteiger partial charge in [-0.2, -0.15) is 0 Å². The van der Waals surface area contributed by atoms with Crippen LogP contribution in [0.4, 0.5) is 4.39 Å². The Morgan fingerprint density at radius 2 is 2.00 bits per heavy atom. The third kappa shape index (κ3) is 2.34. The number of hydrogen-bond donors (Lipinski definition) is 0. The molecule has 2 rings (SSSR count). The lowest BCUT2D eigenvalue weighted by Gasteiger charge is -2.21. The predicted molar refractivity (Wildman–Crippen MR) is 59.1 cm³/mol. The summed E-state index contributed by atoms with van der Waals surface area (Å²) in [4.78, 5) is 0. The molecule has 0 saturated carbocycles. The van der Waals surface area contributed by atoms with Crippen LogP contribution >= 0.6 is 0 Å². The fourth-order valence-corrected chi connectivity index (χ4v) is 2.01. The first-order valence-corrected chi connectivity index (χ1v) is 5.55. The van der Waals surface area contributed by atoms with Crippen molar-refractivity contribution >= 4 is 0 Å². The molecule has 1 aromatic rings. The molecule has 14 heavy (non-hydrogen) atoms. The zero-order valence-corrected chi connectivity index (χ0v) is 9.31. The summed E-state index contributed by atoms with van der Waals surface area (Å²) in [6.07, 6.45) is 3.58. The molecule has 0 N–H and O–H groups in total. The van der Waals surface area contributed by atoms with Crippen LogP contribution in [0.15, 0.2) is 18.2 Å². The Morgan fingerprint density at radius 1 is 1.29 bits per heavy atom. The second kappa shape index (κ2) is 5.14. The SMILES string of the molecule is CC.CC1CCCc2ccc(F)cc21. The van der Waals surface area contributed by atoms with Crippen molar-refractivity contribution in [3.63, 3.8) is 0 Å². The fourth-order valence-electron chi connectivity index (χ4n) is 2.01. The van der Waals surface area contributed by atoms with E-state index in [2.05, 4.69) is 6.92 Å². The van der Waals surface area contributed by atoms with Gasteiger partial charge in [-0.3, -0.25) is 0 Å². The summed E-state index contributed by atoms with van der Waals surface area (Å²) in [6.45, 7) is 6.18. The number of aryl methyl sites for hydroxylation is 1. The zero-order valence-electron chi connectivity index (χ0n) is 9.31. The number of fused-ring (bicyclic) bond motifs is 1. The first-order chi connectivity index (χ1) is 6.77. The normalized spacial score (nSPS) is 19.3. The van der Waals surface area contributed by atoms with E-state index in [0.29, 0.717) is 5.92 Å². The Kier molecular flexibility index (Phi) is 4.12. The fraction of sp³-hybridized carbons (Fsp3) is 0.538. The van der Waals surface area contributed by atoms with Crippen LogP contribution in [-0.4, -0.2) is 0 Å². The summed E-state index contributed by atoms with van der Waals surface area (Å²) >= 11 is 0. The largest absolute Gasteiger partial charge is 0.207 e. The molecule has 1 heteroatoms. The van der Waals surface area contributed by atoms with Crippen molar-refractivity contribution in [1.82, 2.24) is 0 Å². The average molecular weight is 194 g/mol.